The summed E-state index contributed by atoms with van der Waals surface area (Å²) in [7, 11) is -3.09. The Bertz CT molecular complexity index is 279. The molecule has 18 heavy (non-hydrogen) atoms. The van der Waals surface area contributed by atoms with Crippen LogP contribution in [0.4, 0.5) is 0 Å². The molecule has 110 valence electrons. The molecule has 2 N–H and O–H groups in total. The molecule has 0 heterocycles. The fourth-order valence-electron chi connectivity index (χ4n) is 1.85. The molecule has 0 radical (unpaired) electrons. The first kappa shape index (κ1) is 17.9. The Kier molecular flexibility index (Phi) is 10.7. The van der Waals surface area contributed by atoms with E-state index in [1.807, 2.05) is 6.92 Å². The zero-order chi connectivity index (χ0) is 13.9. The second-order valence-corrected chi connectivity index (χ2v) is 6.66. The van der Waals surface area contributed by atoms with Gasteiger partial charge in [-0.2, -0.15) is 0 Å². The quantitative estimate of drug-likeness (QED) is 0.538. The molecule has 4 nitrogen and oxygen atoms in total. The van der Waals surface area contributed by atoms with Gasteiger partial charge in [-0.15, -0.1) is 0 Å². The van der Waals surface area contributed by atoms with Gasteiger partial charge in [0.2, 0.25) is 10.0 Å². The molecular formula is C13H30N2O2S. The molecule has 0 rings (SSSR count). The molecule has 1 atom stereocenters. The lowest BCUT2D eigenvalue weighted by Crippen LogP contribution is -2.36. The van der Waals surface area contributed by atoms with Gasteiger partial charge in [0.25, 0.3) is 0 Å². The van der Waals surface area contributed by atoms with Crippen LogP contribution in [0, 0.1) is 0 Å². The van der Waals surface area contributed by atoms with Gasteiger partial charge >= 0.3 is 0 Å². The van der Waals surface area contributed by atoms with Gasteiger partial charge in [-0.1, -0.05) is 27.2 Å². The molecule has 0 amide bonds. The number of hydrogen-bond donors (Lipinski definition) is 2. The maximum absolute atomic E-state index is 11.8. The Morgan fingerprint density at radius 3 is 2.28 bits per heavy atom. The number of nitrogens with one attached hydrogen (secondary N) is 2. The van der Waals surface area contributed by atoms with Gasteiger partial charge in [0.15, 0.2) is 0 Å². The van der Waals surface area contributed by atoms with Gasteiger partial charge in [0, 0.05) is 6.04 Å². The SMILES string of the molecule is CCCNCCCCS(=O)(=O)NC(CC)CCC. The average molecular weight is 278 g/mol. The number of sulfonamides is 1. The Morgan fingerprint density at radius 1 is 1.00 bits per heavy atom. The zero-order valence-corrected chi connectivity index (χ0v) is 13.0. The highest BCUT2D eigenvalue weighted by Gasteiger charge is 2.15. The van der Waals surface area contributed by atoms with Crippen molar-refractivity contribution in [2.45, 2.75) is 65.3 Å². The molecule has 0 bridgehead atoms. The highest BCUT2D eigenvalue weighted by Crippen LogP contribution is 2.04. The summed E-state index contributed by atoms with van der Waals surface area (Å²) >= 11 is 0. The van der Waals surface area contributed by atoms with E-state index in [0.29, 0.717) is 0 Å². The van der Waals surface area contributed by atoms with Crippen LogP contribution in [0.2, 0.25) is 0 Å². The first-order valence-electron chi connectivity index (χ1n) is 7.26. The summed E-state index contributed by atoms with van der Waals surface area (Å²) in [5.41, 5.74) is 0. The van der Waals surface area contributed by atoms with Crippen LogP contribution in [-0.4, -0.2) is 33.3 Å². The summed E-state index contributed by atoms with van der Waals surface area (Å²) in [4.78, 5) is 0. The molecule has 1 unspecified atom stereocenters. The third kappa shape index (κ3) is 9.85. The third-order valence-electron chi connectivity index (χ3n) is 2.92. The molecule has 0 aromatic rings. The molecule has 0 aromatic carbocycles. The van der Waals surface area contributed by atoms with Gasteiger partial charge in [-0.05, 0) is 45.2 Å². The standard InChI is InChI=1S/C13H30N2O2S/c1-4-9-13(6-3)15-18(16,17)12-8-7-11-14-10-5-2/h13-15H,4-12H2,1-3H3. The van der Waals surface area contributed by atoms with Crippen molar-refractivity contribution in [3.05, 3.63) is 0 Å². The molecule has 0 aliphatic carbocycles. The number of unbranched alkanes of at least 4 members (excludes halogenated alkanes) is 1. The largest absolute Gasteiger partial charge is 0.317 e. The number of rotatable bonds is 12. The predicted molar refractivity (Wildman–Crippen MR) is 78.3 cm³/mol. The first-order chi connectivity index (χ1) is 8.55. The molecule has 0 fully saturated rings. The second kappa shape index (κ2) is 10.8. The number of hydrogen-bond acceptors (Lipinski definition) is 3. The average Bonchev–Trinajstić information content (AvgIpc) is 2.32. The van der Waals surface area contributed by atoms with Crippen LogP contribution < -0.4 is 10.0 Å². The summed E-state index contributed by atoms with van der Waals surface area (Å²) in [6.45, 7) is 8.16. The molecule has 0 saturated heterocycles. The Morgan fingerprint density at radius 2 is 1.72 bits per heavy atom. The summed E-state index contributed by atoms with van der Waals surface area (Å²) < 4.78 is 26.5. The maximum atomic E-state index is 11.8. The van der Waals surface area contributed by atoms with E-state index >= 15 is 0 Å². The van der Waals surface area contributed by atoms with Gasteiger partial charge in [0.1, 0.15) is 0 Å². The monoisotopic (exact) mass is 278 g/mol. The first-order valence-corrected chi connectivity index (χ1v) is 8.91. The Labute approximate surface area is 113 Å². The van der Waals surface area contributed by atoms with Crippen molar-refractivity contribution >= 4 is 10.0 Å². The van der Waals surface area contributed by atoms with E-state index in [1.165, 1.54) is 0 Å². The van der Waals surface area contributed by atoms with Crippen LogP contribution >= 0.6 is 0 Å². The third-order valence-corrected chi connectivity index (χ3v) is 4.44. The smallest absolute Gasteiger partial charge is 0.211 e. The van der Waals surface area contributed by atoms with Crippen molar-refractivity contribution in [3.63, 3.8) is 0 Å². The van der Waals surface area contributed by atoms with Crippen LogP contribution in [0.5, 0.6) is 0 Å². The van der Waals surface area contributed by atoms with Gasteiger partial charge in [-0.3, -0.25) is 0 Å². The van der Waals surface area contributed by atoms with Gasteiger partial charge < -0.3 is 5.32 Å². The second-order valence-electron chi connectivity index (χ2n) is 4.79. The fraction of sp³-hybridized carbons (Fsp3) is 1.00. The van der Waals surface area contributed by atoms with Crippen LogP contribution in [0.15, 0.2) is 0 Å². The molecule has 0 saturated carbocycles. The topological polar surface area (TPSA) is 58.2 Å². The molecule has 0 aliphatic rings. The Balaban J connectivity index is 3.79. The van der Waals surface area contributed by atoms with E-state index in [1.54, 1.807) is 0 Å². The van der Waals surface area contributed by atoms with Crippen molar-refractivity contribution in [1.29, 1.82) is 0 Å². The van der Waals surface area contributed by atoms with Crippen molar-refractivity contribution in [2.24, 2.45) is 0 Å². The molecule has 5 heteroatoms. The fourth-order valence-corrected chi connectivity index (χ4v) is 3.35. The summed E-state index contributed by atoms with van der Waals surface area (Å²) in [6.07, 6.45) is 5.58. The molecular weight excluding hydrogens is 248 g/mol. The summed E-state index contributed by atoms with van der Waals surface area (Å²) in [5, 5.41) is 3.28. The molecule has 0 spiro atoms. The minimum absolute atomic E-state index is 0.109. The zero-order valence-electron chi connectivity index (χ0n) is 12.2. The summed E-state index contributed by atoms with van der Waals surface area (Å²) in [5.74, 6) is 0.251. The maximum Gasteiger partial charge on any atom is 0.211 e. The molecule has 0 aliphatic heterocycles. The van der Waals surface area contributed by atoms with E-state index in [-0.39, 0.29) is 11.8 Å². The van der Waals surface area contributed by atoms with Gasteiger partial charge in [-0.25, -0.2) is 13.1 Å². The summed E-state index contributed by atoms with van der Waals surface area (Å²) in [6, 6.07) is 0.109. The minimum Gasteiger partial charge on any atom is -0.317 e. The van der Waals surface area contributed by atoms with Crippen molar-refractivity contribution in [2.75, 3.05) is 18.8 Å². The normalized spacial score (nSPS) is 13.7. The van der Waals surface area contributed by atoms with Crippen LogP contribution in [0.1, 0.15) is 59.3 Å². The lowest BCUT2D eigenvalue weighted by atomic mass is 10.1. The van der Waals surface area contributed by atoms with Crippen molar-refractivity contribution < 1.29 is 8.42 Å². The Hall–Kier alpha value is -0.130. The molecule has 0 aromatic heterocycles. The van der Waals surface area contributed by atoms with Gasteiger partial charge in [0.05, 0.1) is 5.75 Å². The predicted octanol–water partition coefficient (Wildman–Crippen LogP) is 2.26. The minimum atomic E-state index is -3.09. The van der Waals surface area contributed by atoms with E-state index in [4.69, 9.17) is 0 Å². The van der Waals surface area contributed by atoms with E-state index < -0.39 is 10.0 Å². The van der Waals surface area contributed by atoms with Crippen LogP contribution in [-0.2, 0) is 10.0 Å². The lowest BCUT2D eigenvalue weighted by molar-refractivity contribution is 0.510. The van der Waals surface area contributed by atoms with Crippen LogP contribution in [0.25, 0.3) is 0 Å². The van der Waals surface area contributed by atoms with E-state index in [2.05, 4.69) is 23.9 Å². The highest BCUT2D eigenvalue weighted by atomic mass is 32.2. The van der Waals surface area contributed by atoms with Crippen LogP contribution in [0.3, 0.4) is 0 Å². The van der Waals surface area contributed by atoms with E-state index in [0.717, 1.165) is 51.6 Å². The van der Waals surface area contributed by atoms with Crippen molar-refractivity contribution in [3.8, 4) is 0 Å². The van der Waals surface area contributed by atoms with Crippen molar-refractivity contribution in [1.82, 2.24) is 10.0 Å². The van der Waals surface area contributed by atoms with E-state index in [9.17, 15) is 8.42 Å². The highest BCUT2D eigenvalue weighted by molar-refractivity contribution is 7.89. The lowest BCUT2D eigenvalue weighted by Gasteiger charge is -2.16.